The lowest BCUT2D eigenvalue weighted by molar-refractivity contribution is 0.102. The van der Waals surface area contributed by atoms with Gasteiger partial charge in [-0.2, -0.15) is 0 Å². The van der Waals surface area contributed by atoms with Crippen molar-refractivity contribution >= 4 is 16.7 Å². The van der Waals surface area contributed by atoms with Gasteiger partial charge in [0.2, 0.25) is 5.78 Å². The van der Waals surface area contributed by atoms with Crippen molar-refractivity contribution in [2.24, 2.45) is 0 Å². The normalized spacial score (nSPS) is 10.9. The molecule has 1 heterocycles. The lowest BCUT2D eigenvalue weighted by Gasteiger charge is -2.05. The fraction of sp³-hybridized carbons (Fsp3) is 0.0625. The van der Waals surface area contributed by atoms with Crippen LogP contribution in [0, 0.1) is 12.7 Å². The molecule has 0 unspecified atom stereocenters. The second kappa shape index (κ2) is 4.49. The monoisotopic (exact) mass is 268 g/mol. The van der Waals surface area contributed by atoms with Gasteiger partial charge in [-0.15, -0.1) is 0 Å². The van der Waals surface area contributed by atoms with Gasteiger partial charge in [0.15, 0.2) is 0 Å². The molecule has 3 aromatic rings. The quantitative estimate of drug-likeness (QED) is 0.573. The summed E-state index contributed by atoms with van der Waals surface area (Å²) >= 11 is 0. The Morgan fingerprint density at radius 3 is 2.45 bits per heavy atom. The van der Waals surface area contributed by atoms with Gasteiger partial charge in [0, 0.05) is 5.39 Å². The van der Waals surface area contributed by atoms with Crippen molar-refractivity contribution < 1.29 is 9.18 Å². The molecule has 20 heavy (non-hydrogen) atoms. The number of halogens is 1. The van der Waals surface area contributed by atoms with Crippen LogP contribution in [-0.2, 0) is 0 Å². The molecule has 0 fully saturated rings. The minimum atomic E-state index is -0.540. The molecule has 0 aliphatic rings. The third-order valence-corrected chi connectivity index (χ3v) is 3.50. The second-order valence-electron chi connectivity index (χ2n) is 4.67. The van der Waals surface area contributed by atoms with E-state index in [0.29, 0.717) is 5.69 Å². The van der Waals surface area contributed by atoms with E-state index in [1.807, 2.05) is 31.2 Å². The molecule has 0 saturated heterocycles. The van der Waals surface area contributed by atoms with Crippen LogP contribution in [0.4, 0.5) is 4.39 Å². The number of rotatable bonds is 2. The maximum absolute atomic E-state index is 13.8. The zero-order valence-corrected chi connectivity index (χ0v) is 10.9. The number of ketones is 1. The molecule has 0 aliphatic carbocycles. The van der Waals surface area contributed by atoms with Crippen LogP contribution in [0.25, 0.3) is 10.9 Å². The highest BCUT2D eigenvalue weighted by atomic mass is 19.1. The lowest BCUT2D eigenvalue weighted by atomic mass is 10.0. The van der Waals surface area contributed by atoms with Crippen LogP contribution < -0.4 is 5.84 Å². The molecule has 3 nitrogen and oxygen atoms in total. The Morgan fingerprint density at radius 1 is 1.10 bits per heavy atom. The minimum absolute atomic E-state index is 0.0325. The maximum atomic E-state index is 13.8. The van der Waals surface area contributed by atoms with Crippen molar-refractivity contribution in [2.75, 3.05) is 5.84 Å². The van der Waals surface area contributed by atoms with Gasteiger partial charge < -0.3 is 5.84 Å². The number of aryl methyl sites for hydroxylation is 1. The van der Waals surface area contributed by atoms with Gasteiger partial charge in [-0.3, -0.25) is 9.47 Å². The fourth-order valence-corrected chi connectivity index (χ4v) is 2.48. The first kappa shape index (κ1) is 12.4. The SMILES string of the molecule is Cc1c(C(=O)c2ccccc2F)n(N)c2ccccc12. The molecule has 100 valence electrons. The second-order valence-corrected chi connectivity index (χ2v) is 4.67. The first-order valence-corrected chi connectivity index (χ1v) is 6.25. The summed E-state index contributed by atoms with van der Waals surface area (Å²) in [5, 5.41) is 0.898. The molecule has 0 amide bonds. The predicted octanol–water partition coefficient (Wildman–Crippen LogP) is 3.03. The molecule has 0 spiro atoms. The van der Waals surface area contributed by atoms with Crippen LogP contribution in [0.5, 0.6) is 0 Å². The van der Waals surface area contributed by atoms with Gasteiger partial charge >= 0.3 is 0 Å². The van der Waals surface area contributed by atoms with E-state index in [-0.39, 0.29) is 5.56 Å². The molecule has 0 bridgehead atoms. The first-order valence-electron chi connectivity index (χ1n) is 6.25. The number of fused-ring (bicyclic) bond motifs is 1. The maximum Gasteiger partial charge on any atom is 0.214 e. The van der Waals surface area contributed by atoms with Crippen molar-refractivity contribution in [1.82, 2.24) is 4.68 Å². The van der Waals surface area contributed by atoms with E-state index < -0.39 is 11.6 Å². The summed E-state index contributed by atoms with van der Waals surface area (Å²) < 4.78 is 15.1. The van der Waals surface area contributed by atoms with E-state index in [4.69, 9.17) is 5.84 Å². The van der Waals surface area contributed by atoms with E-state index >= 15 is 0 Å². The number of nitrogens with zero attached hydrogens (tertiary/aromatic N) is 1. The molecule has 0 radical (unpaired) electrons. The zero-order chi connectivity index (χ0) is 14.3. The van der Waals surface area contributed by atoms with Gasteiger partial charge in [0.1, 0.15) is 11.5 Å². The van der Waals surface area contributed by atoms with E-state index in [1.54, 1.807) is 12.1 Å². The molecule has 0 aliphatic heterocycles. The number of para-hydroxylation sites is 1. The van der Waals surface area contributed by atoms with Crippen molar-refractivity contribution in [3.05, 3.63) is 71.2 Å². The predicted molar refractivity (Wildman–Crippen MR) is 76.7 cm³/mol. The minimum Gasteiger partial charge on any atom is -0.338 e. The number of carbonyl (C=O) groups excluding carboxylic acids is 1. The van der Waals surface area contributed by atoms with Crippen LogP contribution >= 0.6 is 0 Å². The summed E-state index contributed by atoms with van der Waals surface area (Å²) in [5.74, 6) is 5.06. The summed E-state index contributed by atoms with van der Waals surface area (Å²) in [5.41, 5.74) is 1.86. The van der Waals surface area contributed by atoms with E-state index in [2.05, 4.69) is 0 Å². The Labute approximate surface area is 115 Å². The van der Waals surface area contributed by atoms with E-state index in [9.17, 15) is 9.18 Å². The van der Waals surface area contributed by atoms with Crippen molar-refractivity contribution in [1.29, 1.82) is 0 Å². The average Bonchev–Trinajstić information content (AvgIpc) is 2.71. The largest absolute Gasteiger partial charge is 0.338 e. The molecular formula is C16H13FN2O. The van der Waals surface area contributed by atoms with Crippen molar-refractivity contribution in [3.63, 3.8) is 0 Å². The van der Waals surface area contributed by atoms with Crippen LogP contribution in [0.15, 0.2) is 48.5 Å². The highest BCUT2D eigenvalue weighted by Crippen LogP contribution is 2.25. The number of nitrogens with two attached hydrogens (primary N) is 1. The molecule has 2 aromatic carbocycles. The highest BCUT2D eigenvalue weighted by molar-refractivity contribution is 6.12. The van der Waals surface area contributed by atoms with E-state index in [1.165, 1.54) is 16.8 Å². The number of aromatic nitrogens is 1. The number of carbonyl (C=O) groups is 1. The lowest BCUT2D eigenvalue weighted by Crippen LogP contribution is -2.18. The summed E-state index contributed by atoms with van der Waals surface area (Å²) in [6.45, 7) is 1.82. The topological polar surface area (TPSA) is 48.0 Å². The Balaban J connectivity index is 2.25. The van der Waals surface area contributed by atoms with Gasteiger partial charge in [0.05, 0.1) is 11.1 Å². The van der Waals surface area contributed by atoms with Crippen LogP contribution in [0.3, 0.4) is 0 Å². The molecule has 0 atom stereocenters. The third-order valence-electron chi connectivity index (χ3n) is 3.50. The third kappa shape index (κ3) is 1.69. The Hall–Kier alpha value is -2.62. The zero-order valence-electron chi connectivity index (χ0n) is 10.9. The standard InChI is InChI=1S/C16H13FN2O/c1-10-11-6-3-5-9-14(11)19(18)15(10)16(20)12-7-2-4-8-13(12)17/h2-9H,18H2,1H3. The molecule has 3 rings (SSSR count). The van der Waals surface area contributed by atoms with Gasteiger partial charge in [-0.1, -0.05) is 30.3 Å². The van der Waals surface area contributed by atoms with Crippen LogP contribution in [0.1, 0.15) is 21.6 Å². The molecule has 0 saturated carbocycles. The number of hydrogen-bond acceptors (Lipinski definition) is 2. The highest BCUT2D eigenvalue weighted by Gasteiger charge is 2.22. The van der Waals surface area contributed by atoms with E-state index in [0.717, 1.165) is 16.5 Å². The summed E-state index contributed by atoms with van der Waals surface area (Å²) in [6, 6.07) is 13.4. The summed E-state index contributed by atoms with van der Waals surface area (Å²) in [4.78, 5) is 12.5. The average molecular weight is 268 g/mol. The van der Waals surface area contributed by atoms with Crippen molar-refractivity contribution in [3.8, 4) is 0 Å². The number of hydrogen-bond donors (Lipinski definition) is 1. The van der Waals surface area contributed by atoms with Crippen LogP contribution in [0.2, 0.25) is 0 Å². The molecule has 2 N–H and O–H groups in total. The fourth-order valence-electron chi connectivity index (χ4n) is 2.48. The summed E-state index contributed by atoms with van der Waals surface area (Å²) in [6.07, 6.45) is 0. The Morgan fingerprint density at radius 2 is 1.75 bits per heavy atom. The van der Waals surface area contributed by atoms with Gasteiger partial charge in [0.25, 0.3) is 0 Å². The van der Waals surface area contributed by atoms with Gasteiger partial charge in [-0.25, -0.2) is 4.39 Å². The molecular weight excluding hydrogens is 255 g/mol. The summed E-state index contributed by atoms with van der Waals surface area (Å²) in [7, 11) is 0. The number of nitrogen functional groups attached to an aromatic ring is 1. The van der Waals surface area contributed by atoms with Crippen LogP contribution in [-0.4, -0.2) is 10.5 Å². The smallest absolute Gasteiger partial charge is 0.214 e. The Kier molecular flexibility index (Phi) is 2.79. The van der Waals surface area contributed by atoms with Crippen molar-refractivity contribution in [2.45, 2.75) is 6.92 Å². The molecule has 4 heteroatoms. The first-order chi connectivity index (χ1) is 9.61. The Bertz CT molecular complexity index is 781. The number of benzene rings is 2. The van der Waals surface area contributed by atoms with Gasteiger partial charge in [-0.05, 0) is 30.7 Å². The molecule has 1 aromatic heterocycles.